The third kappa shape index (κ3) is 5.34. The van der Waals surface area contributed by atoms with Crippen LogP contribution in [0.3, 0.4) is 0 Å². The molecule has 166 valence electrons. The number of hydrogen-bond acceptors (Lipinski definition) is 4. The molecule has 0 saturated carbocycles. The fourth-order valence-electron chi connectivity index (χ4n) is 3.80. The van der Waals surface area contributed by atoms with E-state index in [0.717, 1.165) is 29.1 Å². The van der Waals surface area contributed by atoms with Crippen molar-refractivity contribution < 1.29 is 14.4 Å². The SMILES string of the molecule is O=C(CN1C(=O)C(=Cc2cccc(Cl)c2)Sc2ccccc21)NCCCN1CCCC1=O. The molecule has 1 saturated heterocycles. The quantitative estimate of drug-likeness (QED) is 0.492. The van der Waals surface area contributed by atoms with Crippen molar-refractivity contribution in [1.82, 2.24) is 10.2 Å². The maximum Gasteiger partial charge on any atom is 0.265 e. The average Bonchev–Trinajstić information content (AvgIpc) is 3.19. The number of hydrogen-bond donors (Lipinski definition) is 1. The van der Waals surface area contributed by atoms with Crippen molar-refractivity contribution in [3.63, 3.8) is 0 Å². The summed E-state index contributed by atoms with van der Waals surface area (Å²) in [5, 5.41) is 3.47. The van der Waals surface area contributed by atoms with Crippen molar-refractivity contribution in [2.24, 2.45) is 0 Å². The molecule has 1 N–H and O–H groups in total. The first-order valence-corrected chi connectivity index (χ1v) is 11.8. The fraction of sp³-hybridized carbons (Fsp3) is 0.292. The summed E-state index contributed by atoms with van der Waals surface area (Å²) in [7, 11) is 0. The summed E-state index contributed by atoms with van der Waals surface area (Å²) in [5.41, 5.74) is 1.55. The van der Waals surface area contributed by atoms with Crippen LogP contribution in [0.4, 0.5) is 5.69 Å². The summed E-state index contributed by atoms with van der Waals surface area (Å²) in [5.74, 6) is -0.259. The number of carbonyl (C=O) groups excluding carboxylic acids is 3. The van der Waals surface area contributed by atoms with Crippen LogP contribution in [0.5, 0.6) is 0 Å². The Balaban J connectivity index is 1.42. The minimum Gasteiger partial charge on any atom is -0.354 e. The highest BCUT2D eigenvalue weighted by Crippen LogP contribution is 2.41. The van der Waals surface area contributed by atoms with Gasteiger partial charge in [0.05, 0.1) is 10.6 Å². The molecule has 8 heteroatoms. The first-order chi connectivity index (χ1) is 15.5. The van der Waals surface area contributed by atoms with Crippen LogP contribution in [0.2, 0.25) is 5.02 Å². The molecule has 2 heterocycles. The molecule has 0 aromatic heterocycles. The third-order valence-corrected chi connectivity index (χ3v) is 6.69. The highest BCUT2D eigenvalue weighted by Gasteiger charge is 2.30. The maximum atomic E-state index is 13.2. The van der Waals surface area contributed by atoms with Crippen LogP contribution in [0.25, 0.3) is 6.08 Å². The summed E-state index contributed by atoms with van der Waals surface area (Å²) in [6.07, 6.45) is 4.02. The maximum absolute atomic E-state index is 13.2. The molecule has 1 fully saturated rings. The molecule has 0 radical (unpaired) electrons. The fourth-order valence-corrected chi connectivity index (χ4v) is 5.06. The highest BCUT2D eigenvalue weighted by molar-refractivity contribution is 8.04. The number of fused-ring (bicyclic) bond motifs is 1. The van der Waals surface area contributed by atoms with E-state index in [4.69, 9.17) is 11.6 Å². The van der Waals surface area contributed by atoms with Gasteiger partial charge in [0.15, 0.2) is 0 Å². The second-order valence-corrected chi connectivity index (χ2v) is 9.23. The van der Waals surface area contributed by atoms with E-state index in [-0.39, 0.29) is 24.3 Å². The lowest BCUT2D eigenvalue weighted by atomic mass is 10.2. The zero-order chi connectivity index (χ0) is 22.5. The zero-order valence-electron chi connectivity index (χ0n) is 17.6. The lowest BCUT2D eigenvalue weighted by Crippen LogP contribution is -2.43. The number of carbonyl (C=O) groups is 3. The van der Waals surface area contributed by atoms with E-state index in [2.05, 4.69) is 5.32 Å². The number of amides is 3. The normalized spacial score (nSPS) is 17.1. The Labute approximate surface area is 196 Å². The number of halogens is 1. The second-order valence-electron chi connectivity index (χ2n) is 7.71. The number of rotatable bonds is 7. The third-order valence-electron chi connectivity index (χ3n) is 5.38. The van der Waals surface area contributed by atoms with Gasteiger partial charge in [-0.15, -0.1) is 0 Å². The van der Waals surface area contributed by atoms with Gasteiger partial charge in [-0.05, 0) is 48.7 Å². The number of benzene rings is 2. The predicted octanol–water partition coefficient (Wildman–Crippen LogP) is 3.95. The van der Waals surface area contributed by atoms with Crippen molar-refractivity contribution in [1.29, 1.82) is 0 Å². The van der Waals surface area contributed by atoms with E-state index in [9.17, 15) is 14.4 Å². The lowest BCUT2D eigenvalue weighted by molar-refractivity contribution is -0.127. The van der Waals surface area contributed by atoms with E-state index in [1.54, 1.807) is 18.2 Å². The van der Waals surface area contributed by atoms with Gasteiger partial charge in [0.1, 0.15) is 6.54 Å². The smallest absolute Gasteiger partial charge is 0.265 e. The van der Waals surface area contributed by atoms with Crippen LogP contribution in [0, 0.1) is 0 Å². The van der Waals surface area contributed by atoms with E-state index in [1.807, 2.05) is 41.3 Å². The minimum atomic E-state index is -0.227. The molecule has 0 bridgehead atoms. The van der Waals surface area contributed by atoms with Crippen LogP contribution < -0.4 is 10.2 Å². The Bertz CT molecular complexity index is 1070. The molecule has 0 unspecified atom stereocenters. The van der Waals surface area contributed by atoms with Gasteiger partial charge in [0.2, 0.25) is 11.8 Å². The Morgan fingerprint density at radius 3 is 2.78 bits per heavy atom. The van der Waals surface area contributed by atoms with Gasteiger partial charge in [-0.2, -0.15) is 0 Å². The highest BCUT2D eigenvalue weighted by atomic mass is 35.5. The number of nitrogens with one attached hydrogen (secondary N) is 1. The van der Waals surface area contributed by atoms with Crippen LogP contribution in [0.1, 0.15) is 24.8 Å². The Morgan fingerprint density at radius 2 is 2.00 bits per heavy atom. The molecule has 0 atom stereocenters. The summed E-state index contributed by atoms with van der Waals surface area (Å²) in [6, 6.07) is 14.9. The van der Waals surface area contributed by atoms with Crippen LogP contribution >= 0.6 is 23.4 Å². The Kier molecular flexibility index (Phi) is 7.17. The number of nitrogens with zero attached hydrogens (tertiary/aromatic N) is 2. The number of thioether (sulfide) groups is 1. The van der Waals surface area contributed by atoms with Crippen molar-refractivity contribution in [2.45, 2.75) is 24.2 Å². The van der Waals surface area contributed by atoms with Crippen LogP contribution in [-0.4, -0.2) is 48.8 Å². The summed E-state index contributed by atoms with van der Waals surface area (Å²) < 4.78 is 0. The Morgan fingerprint density at radius 1 is 1.16 bits per heavy atom. The van der Waals surface area contributed by atoms with Gasteiger partial charge in [-0.25, -0.2) is 0 Å². The number of likely N-dealkylation sites (tertiary alicyclic amines) is 1. The molecule has 6 nitrogen and oxygen atoms in total. The van der Waals surface area contributed by atoms with Gasteiger partial charge >= 0.3 is 0 Å². The standard InChI is InChI=1S/C24H24ClN3O3S/c25-18-7-3-6-17(14-18)15-21-24(31)28(19-8-1-2-9-20(19)32-21)16-22(29)26-11-5-13-27-12-4-10-23(27)30/h1-3,6-9,14-15H,4-5,10-13,16H2,(H,26,29). The van der Waals surface area contributed by atoms with Crippen molar-refractivity contribution in [3.8, 4) is 0 Å². The average molecular weight is 470 g/mol. The molecule has 2 aromatic carbocycles. The van der Waals surface area contributed by atoms with Crippen molar-refractivity contribution in [2.75, 3.05) is 31.1 Å². The molecule has 4 rings (SSSR count). The monoisotopic (exact) mass is 469 g/mol. The molecule has 32 heavy (non-hydrogen) atoms. The van der Waals surface area contributed by atoms with Crippen molar-refractivity contribution >= 4 is 52.8 Å². The van der Waals surface area contributed by atoms with Gasteiger partial charge in [0, 0.05) is 36.0 Å². The van der Waals surface area contributed by atoms with Gasteiger partial charge in [-0.1, -0.05) is 47.6 Å². The predicted molar refractivity (Wildman–Crippen MR) is 128 cm³/mol. The van der Waals surface area contributed by atoms with Crippen LogP contribution in [0.15, 0.2) is 58.3 Å². The number of anilines is 1. The Hall–Kier alpha value is -2.77. The zero-order valence-corrected chi connectivity index (χ0v) is 19.1. The molecule has 0 spiro atoms. The van der Waals surface area contributed by atoms with E-state index in [1.165, 1.54) is 16.7 Å². The first kappa shape index (κ1) is 22.4. The van der Waals surface area contributed by atoms with E-state index in [0.29, 0.717) is 35.9 Å². The molecule has 2 aliphatic heterocycles. The van der Waals surface area contributed by atoms with Gasteiger partial charge in [-0.3, -0.25) is 19.3 Å². The molecule has 2 aliphatic rings. The minimum absolute atomic E-state index is 0.0636. The van der Waals surface area contributed by atoms with Crippen LogP contribution in [-0.2, 0) is 14.4 Å². The summed E-state index contributed by atoms with van der Waals surface area (Å²) in [6.45, 7) is 1.84. The topological polar surface area (TPSA) is 69.7 Å². The summed E-state index contributed by atoms with van der Waals surface area (Å²) >= 11 is 7.47. The number of para-hydroxylation sites is 1. The molecular weight excluding hydrogens is 446 g/mol. The first-order valence-electron chi connectivity index (χ1n) is 10.6. The molecular formula is C24H24ClN3O3S. The molecule has 0 aliphatic carbocycles. The van der Waals surface area contributed by atoms with Gasteiger partial charge in [0.25, 0.3) is 5.91 Å². The summed E-state index contributed by atoms with van der Waals surface area (Å²) in [4.78, 5) is 42.3. The molecule has 2 aromatic rings. The second kappa shape index (κ2) is 10.2. The largest absolute Gasteiger partial charge is 0.354 e. The lowest BCUT2D eigenvalue weighted by Gasteiger charge is -2.29. The molecule has 3 amide bonds. The van der Waals surface area contributed by atoms with E-state index < -0.39 is 0 Å². The van der Waals surface area contributed by atoms with Crippen molar-refractivity contribution in [3.05, 3.63) is 64.0 Å². The van der Waals surface area contributed by atoms with E-state index >= 15 is 0 Å². The van der Waals surface area contributed by atoms with Gasteiger partial charge < -0.3 is 10.2 Å².